The van der Waals surface area contributed by atoms with Gasteiger partial charge in [-0.1, -0.05) is 5.16 Å². The molecular weight excluding hydrogens is 445 g/mol. The number of nitrogens with zero attached hydrogens (tertiary/aromatic N) is 4. The van der Waals surface area contributed by atoms with Crippen LogP contribution in [0.15, 0.2) is 33.9 Å². The molecule has 0 spiro atoms. The van der Waals surface area contributed by atoms with Crippen LogP contribution in [0.1, 0.15) is 37.1 Å². The second-order valence-electron chi connectivity index (χ2n) is 6.88. The monoisotopic (exact) mass is 464 g/mol. The third-order valence-electron chi connectivity index (χ3n) is 4.80. The highest BCUT2D eigenvalue weighted by atomic mass is 32.2. The SMILES string of the molecule is Cc1noc([C@@H]2CC[C@@H]3[C@@H](CCN3S(=O)(=O)c3cccnc3)O2)n1.O=C(O)C(F)(F)F. The molecule has 10 nitrogen and oxygen atoms in total. The average Bonchev–Trinajstić information content (AvgIpc) is 3.34. The lowest BCUT2D eigenvalue weighted by Gasteiger charge is -2.34. The van der Waals surface area contributed by atoms with E-state index in [9.17, 15) is 21.6 Å². The molecule has 14 heteroatoms. The number of carbonyl (C=O) groups is 1. The zero-order valence-corrected chi connectivity index (χ0v) is 17.0. The first-order valence-corrected chi connectivity index (χ1v) is 10.6. The second-order valence-corrected chi connectivity index (χ2v) is 8.77. The predicted octanol–water partition coefficient (Wildman–Crippen LogP) is 2.09. The van der Waals surface area contributed by atoms with Crippen LogP contribution in [0, 0.1) is 6.92 Å². The normalized spacial score (nSPS) is 24.2. The van der Waals surface area contributed by atoms with Crippen molar-refractivity contribution in [2.45, 2.75) is 55.5 Å². The van der Waals surface area contributed by atoms with Crippen LogP contribution in [0.2, 0.25) is 0 Å². The highest BCUT2D eigenvalue weighted by Crippen LogP contribution is 2.39. The quantitative estimate of drug-likeness (QED) is 0.724. The highest BCUT2D eigenvalue weighted by Gasteiger charge is 2.46. The van der Waals surface area contributed by atoms with Gasteiger partial charge in [0.05, 0.1) is 12.1 Å². The summed E-state index contributed by atoms with van der Waals surface area (Å²) in [5, 5.41) is 10.9. The molecule has 1 N–H and O–H groups in total. The van der Waals surface area contributed by atoms with Gasteiger partial charge in [-0.25, -0.2) is 13.2 Å². The summed E-state index contributed by atoms with van der Waals surface area (Å²) < 4.78 is 70.2. The Labute approximate surface area is 175 Å². The van der Waals surface area contributed by atoms with Crippen LogP contribution in [-0.2, 0) is 19.6 Å². The molecule has 2 fully saturated rings. The number of carboxylic acid groups (broad SMARTS) is 1. The molecule has 2 aliphatic heterocycles. The molecule has 0 radical (unpaired) electrons. The minimum Gasteiger partial charge on any atom is -0.475 e. The number of hydrogen-bond donors (Lipinski definition) is 1. The summed E-state index contributed by atoms with van der Waals surface area (Å²) in [4.78, 5) is 17.3. The number of carboxylic acids is 1. The minimum atomic E-state index is -5.08. The van der Waals surface area contributed by atoms with Gasteiger partial charge in [-0.2, -0.15) is 22.5 Å². The number of fused-ring (bicyclic) bond motifs is 1. The van der Waals surface area contributed by atoms with Crippen LogP contribution in [-0.4, -0.2) is 63.8 Å². The molecular formula is C17H19F3N4O6S. The van der Waals surface area contributed by atoms with Gasteiger partial charge in [0.15, 0.2) is 5.82 Å². The molecule has 2 aromatic rings. The highest BCUT2D eigenvalue weighted by molar-refractivity contribution is 7.89. The van der Waals surface area contributed by atoms with Crippen molar-refractivity contribution in [3.8, 4) is 0 Å². The summed E-state index contributed by atoms with van der Waals surface area (Å²) in [5.41, 5.74) is 0. The van der Waals surface area contributed by atoms with Crippen molar-refractivity contribution in [2.75, 3.05) is 6.54 Å². The van der Waals surface area contributed by atoms with Crippen LogP contribution in [0.3, 0.4) is 0 Å². The Morgan fingerprint density at radius 3 is 2.55 bits per heavy atom. The van der Waals surface area contributed by atoms with E-state index in [1.807, 2.05) is 0 Å². The number of halogens is 3. The van der Waals surface area contributed by atoms with Gasteiger partial charge in [-0.3, -0.25) is 4.98 Å². The van der Waals surface area contributed by atoms with Gasteiger partial charge in [0.1, 0.15) is 11.0 Å². The Bertz CT molecular complexity index is 1010. The molecule has 4 rings (SSSR count). The number of pyridine rings is 1. The smallest absolute Gasteiger partial charge is 0.475 e. The van der Waals surface area contributed by atoms with Gasteiger partial charge in [0.2, 0.25) is 10.0 Å². The van der Waals surface area contributed by atoms with Gasteiger partial charge in [0.25, 0.3) is 5.89 Å². The van der Waals surface area contributed by atoms with E-state index in [0.29, 0.717) is 37.5 Å². The Balaban J connectivity index is 0.000000339. The Kier molecular flexibility index (Phi) is 6.62. The lowest BCUT2D eigenvalue weighted by molar-refractivity contribution is -0.192. The molecule has 0 bridgehead atoms. The summed E-state index contributed by atoms with van der Waals surface area (Å²) in [6.45, 7) is 2.21. The van der Waals surface area contributed by atoms with E-state index >= 15 is 0 Å². The molecule has 2 aliphatic rings. The molecule has 0 unspecified atom stereocenters. The zero-order valence-electron chi connectivity index (χ0n) is 16.2. The van der Waals surface area contributed by atoms with Crippen LogP contribution in [0.5, 0.6) is 0 Å². The minimum absolute atomic E-state index is 0.151. The number of aryl methyl sites for hydroxylation is 1. The zero-order chi connectivity index (χ0) is 22.8. The maximum absolute atomic E-state index is 12.8. The third-order valence-corrected chi connectivity index (χ3v) is 6.71. The maximum Gasteiger partial charge on any atom is 0.490 e. The van der Waals surface area contributed by atoms with E-state index in [2.05, 4.69) is 15.1 Å². The first-order chi connectivity index (χ1) is 14.5. The van der Waals surface area contributed by atoms with E-state index in [1.54, 1.807) is 29.6 Å². The van der Waals surface area contributed by atoms with E-state index < -0.39 is 22.2 Å². The molecule has 4 heterocycles. The van der Waals surface area contributed by atoms with E-state index in [1.165, 1.54) is 6.20 Å². The van der Waals surface area contributed by atoms with Crippen LogP contribution in [0.4, 0.5) is 13.2 Å². The second kappa shape index (κ2) is 8.88. The Morgan fingerprint density at radius 1 is 1.29 bits per heavy atom. The van der Waals surface area contributed by atoms with Crippen molar-refractivity contribution in [2.24, 2.45) is 0 Å². The molecule has 0 amide bonds. The van der Waals surface area contributed by atoms with Gasteiger partial charge >= 0.3 is 12.1 Å². The van der Waals surface area contributed by atoms with Crippen LogP contribution in [0.25, 0.3) is 0 Å². The molecule has 170 valence electrons. The largest absolute Gasteiger partial charge is 0.490 e. The number of alkyl halides is 3. The molecule has 0 aliphatic carbocycles. The van der Waals surface area contributed by atoms with Crippen molar-refractivity contribution >= 4 is 16.0 Å². The summed E-state index contributed by atoms with van der Waals surface area (Å²) in [6, 6.07) is 3.05. The van der Waals surface area contributed by atoms with Crippen molar-refractivity contribution in [1.82, 2.24) is 19.4 Å². The van der Waals surface area contributed by atoms with Crippen LogP contribution < -0.4 is 0 Å². The predicted molar refractivity (Wildman–Crippen MR) is 96.1 cm³/mol. The number of rotatable bonds is 3. The molecule has 2 saturated heterocycles. The number of hydrogen-bond acceptors (Lipinski definition) is 8. The van der Waals surface area contributed by atoms with Gasteiger partial charge in [-0.05, 0) is 38.3 Å². The molecule has 3 atom stereocenters. The molecule has 2 aromatic heterocycles. The van der Waals surface area contributed by atoms with Crippen molar-refractivity contribution in [1.29, 1.82) is 0 Å². The van der Waals surface area contributed by atoms with Crippen molar-refractivity contribution in [3.63, 3.8) is 0 Å². The maximum atomic E-state index is 12.8. The van der Waals surface area contributed by atoms with Crippen molar-refractivity contribution < 1.29 is 40.8 Å². The first kappa shape index (κ1) is 23.1. The summed E-state index contributed by atoms with van der Waals surface area (Å²) in [7, 11) is -3.55. The summed E-state index contributed by atoms with van der Waals surface area (Å²) in [5.74, 6) is -1.71. The van der Waals surface area contributed by atoms with E-state index in [-0.39, 0.29) is 23.1 Å². The number of aromatic nitrogens is 3. The van der Waals surface area contributed by atoms with Gasteiger partial charge < -0.3 is 14.4 Å². The lowest BCUT2D eigenvalue weighted by Crippen LogP contribution is -2.43. The third kappa shape index (κ3) is 5.19. The Hall–Kier alpha value is -2.58. The fourth-order valence-electron chi connectivity index (χ4n) is 3.45. The number of aliphatic carboxylic acids is 1. The van der Waals surface area contributed by atoms with Crippen molar-refractivity contribution in [3.05, 3.63) is 36.2 Å². The van der Waals surface area contributed by atoms with E-state index in [4.69, 9.17) is 19.2 Å². The standard InChI is InChI=1S/C15H18N4O4S.C2HF3O2/c1-10-17-15(23-18-10)14-5-4-12-13(22-14)6-8-19(12)24(20,21)11-3-2-7-16-9-11;3-2(4,5)1(6)7/h2-3,7,9,12-14H,4-6,8H2,1H3;(H,6,7)/t12-,13-,14+;/m1./s1. The fourth-order valence-corrected chi connectivity index (χ4v) is 5.11. The van der Waals surface area contributed by atoms with Crippen LogP contribution >= 0.6 is 0 Å². The fraction of sp³-hybridized carbons (Fsp3) is 0.529. The topological polar surface area (TPSA) is 136 Å². The average molecular weight is 464 g/mol. The van der Waals surface area contributed by atoms with Gasteiger partial charge in [-0.15, -0.1) is 0 Å². The lowest BCUT2D eigenvalue weighted by atomic mass is 10.00. The summed E-state index contributed by atoms with van der Waals surface area (Å²) >= 11 is 0. The number of ether oxygens (including phenoxy) is 1. The molecule has 0 aromatic carbocycles. The van der Waals surface area contributed by atoms with Gasteiger partial charge in [0, 0.05) is 18.9 Å². The number of sulfonamides is 1. The molecule has 31 heavy (non-hydrogen) atoms. The Morgan fingerprint density at radius 2 is 2.00 bits per heavy atom. The first-order valence-electron chi connectivity index (χ1n) is 9.18. The summed E-state index contributed by atoms with van der Waals surface area (Å²) in [6.07, 6.45) is -0.523. The van der Waals surface area contributed by atoms with E-state index in [0.717, 1.165) is 0 Å². The molecule has 0 saturated carbocycles.